The van der Waals surface area contributed by atoms with Gasteiger partial charge in [0.1, 0.15) is 0 Å². The molecule has 0 bridgehead atoms. The van der Waals surface area contributed by atoms with Crippen molar-refractivity contribution < 1.29 is 18.0 Å². The molecule has 0 saturated carbocycles. The molecule has 1 N–H and O–H groups in total. The molecule has 6 heteroatoms. The molecule has 0 spiro atoms. The highest BCUT2D eigenvalue weighted by molar-refractivity contribution is 5.95. The first-order valence-electron chi connectivity index (χ1n) is 5.76. The van der Waals surface area contributed by atoms with Gasteiger partial charge in [-0.1, -0.05) is 36.4 Å². The lowest BCUT2D eigenvalue weighted by Crippen LogP contribution is -2.46. The van der Waals surface area contributed by atoms with E-state index >= 15 is 0 Å². The van der Waals surface area contributed by atoms with E-state index in [2.05, 4.69) is 5.43 Å². The number of rotatable bonds is 3. The van der Waals surface area contributed by atoms with Crippen LogP contribution in [0.4, 0.5) is 18.9 Å². The van der Waals surface area contributed by atoms with Gasteiger partial charge >= 0.3 is 6.30 Å². The number of carbonyl (C=O) groups excluding carboxylic acids is 1. The van der Waals surface area contributed by atoms with Gasteiger partial charge in [0.2, 0.25) is 0 Å². The Kier molecular flexibility index (Phi) is 3.93. The summed E-state index contributed by atoms with van der Waals surface area (Å²) >= 11 is 0. The number of anilines is 1. The molecule has 0 unspecified atom stereocenters. The summed E-state index contributed by atoms with van der Waals surface area (Å²) < 4.78 is 39.0. The zero-order valence-corrected chi connectivity index (χ0v) is 10.3. The molecule has 0 saturated heterocycles. The van der Waals surface area contributed by atoms with E-state index in [0.717, 1.165) is 0 Å². The van der Waals surface area contributed by atoms with E-state index in [9.17, 15) is 18.0 Å². The molecule has 2 aromatic rings. The third-order valence-corrected chi connectivity index (χ3v) is 2.49. The SMILES string of the molecule is O=C(c1ccccc1)N(Nc1ccccc1)C(F)(F)F. The molecule has 0 aliphatic carbocycles. The lowest BCUT2D eigenvalue weighted by Gasteiger charge is -2.26. The molecular weight excluding hydrogens is 269 g/mol. The van der Waals surface area contributed by atoms with Gasteiger partial charge in [0, 0.05) is 5.56 Å². The van der Waals surface area contributed by atoms with Gasteiger partial charge in [0.15, 0.2) is 0 Å². The van der Waals surface area contributed by atoms with E-state index in [4.69, 9.17) is 0 Å². The van der Waals surface area contributed by atoms with Crippen molar-refractivity contribution in [3.05, 3.63) is 66.2 Å². The standard InChI is InChI=1S/C14H11F3N2O/c15-14(16,17)19(18-12-9-5-2-6-10-12)13(20)11-7-3-1-4-8-11/h1-10,18H. The number of nitrogens with zero attached hydrogens (tertiary/aromatic N) is 1. The van der Waals surface area contributed by atoms with Gasteiger partial charge in [-0.05, 0) is 24.3 Å². The Balaban J connectivity index is 2.27. The molecule has 2 aromatic carbocycles. The monoisotopic (exact) mass is 280 g/mol. The number of carbonyl (C=O) groups is 1. The van der Waals surface area contributed by atoms with Crippen LogP contribution in [-0.2, 0) is 0 Å². The van der Waals surface area contributed by atoms with Crippen LogP contribution >= 0.6 is 0 Å². The number of nitrogens with one attached hydrogen (secondary N) is 1. The molecule has 0 fully saturated rings. The van der Waals surface area contributed by atoms with Crippen LogP contribution in [0.15, 0.2) is 60.7 Å². The molecular formula is C14H11F3N2O. The van der Waals surface area contributed by atoms with Gasteiger partial charge in [0.25, 0.3) is 5.91 Å². The smallest absolute Gasteiger partial charge is 0.288 e. The van der Waals surface area contributed by atoms with Crippen LogP contribution in [0.5, 0.6) is 0 Å². The number of hydrogen-bond acceptors (Lipinski definition) is 2. The van der Waals surface area contributed by atoms with Crippen molar-refractivity contribution in [1.82, 2.24) is 5.01 Å². The van der Waals surface area contributed by atoms with E-state index in [1.54, 1.807) is 24.3 Å². The minimum atomic E-state index is -4.83. The summed E-state index contributed by atoms with van der Waals surface area (Å²) in [6.07, 6.45) is -4.83. The second-order valence-electron chi connectivity index (χ2n) is 3.95. The Morgan fingerprint density at radius 2 is 1.40 bits per heavy atom. The maximum atomic E-state index is 13.0. The number of halogens is 3. The van der Waals surface area contributed by atoms with Crippen LogP contribution in [0, 0.1) is 0 Å². The fraction of sp³-hybridized carbons (Fsp3) is 0.0714. The average Bonchev–Trinajstić information content (AvgIpc) is 2.45. The van der Waals surface area contributed by atoms with Gasteiger partial charge in [0.05, 0.1) is 5.69 Å². The number of alkyl halides is 3. The highest BCUT2D eigenvalue weighted by atomic mass is 19.4. The average molecular weight is 280 g/mol. The van der Waals surface area contributed by atoms with Crippen molar-refractivity contribution >= 4 is 11.6 Å². The zero-order chi connectivity index (χ0) is 14.6. The molecule has 0 heterocycles. The predicted molar refractivity (Wildman–Crippen MR) is 68.7 cm³/mol. The first-order chi connectivity index (χ1) is 9.48. The van der Waals surface area contributed by atoms with Crippen LogP contribution < -0.4 is 5.43 Å². The second kappa shape index (κ2) is 5.64. The lowest BCUT2D eigenvalue weighted by molar-refractivity contribution is -0.216. The molecule has 1 amide bonds. The number of amides is 1. The number of hydrogen-bond donors (Lipinski definition) is 1. The molecule has 3 nitrogen and oxygen atoms in total. The zero-order valence-electron chi connectivity index (χ0n) is 10.3. The molecule has 2 rings (SSSR count). The largest absolute Gasteiger partial charge is 0.505 e. The summed E-state index contributed by atoms with van der Waals surface area (Å²) in [6, 6.07) is 15.0. The summed E-state index contributed by atoms with van der Waals surface area (Å²) in [4.78, 5) is 11.9. The Bertz CT molecular complexity index is 570. The third kappa shape index (κ3) is 3.28. The normalized spacial score (nSPS) is 10.9. The van der Waals surface area contributed by atoms with Crippen molar-refractivity contribution in [3.63, 3.8) is 0 Å². The number of para-hydroxylation sites is 1. The maximum absolute atomic E-state index is 13.0. The van der Waals surface area contributed by atoms with Gasteiger partial charge in [-0.2, -0.15) is 5.01 Å². The fourth-order valence-electron chi connectivity index (χ4n) is 1.58. The summed E-state index contributed by atoms with van der Waals surface area (Å²) in [7, 11) is 0. The molecule has 0 aliphatic rings. The van der Waals surface area contributed by atoms with Gasteiger partial charge in [-0.15, -0.1) is 13.2 Å². The van der Waals surface area contributed by atoms with Crippen LogP contribution in [0.2, 0.25) is 0 Å². The van der Waals surface area contributed by atoms with Crippen LogP contribution in [0.1, 0.15) is 10.4 Å². The molecule has 0 aliphatic heterocycles. The predicted octanol–water partition coefficient (Wildman–Crippen LogP) is 3.68. The topological polar surface area (TPSA) is 32.3 Å². The summed E-state index contributed by atoms with van der Waals surface area (Å²) in [6.45, 7) is 0. The van der Waals surface area contributed by atoms with Crippen molar-refractivity contribution in [3.8, 4) is 0 Å². The molecule has 0 aromatic heterocycles. The molecule has 0 atom stereocenters. The summed E-state index contributed by atoms with van der Waals surface area (Å²) in [5.41, 5.74) is 2.20. The lowest BCUT2D eigenvalue weighted by atomic mass is 10.2. The molecule has 0 radical (unpaired) electrons. The van der Waals surface area contributed by atoms with E-state index in [-0.39, 0.29) is 16.3 Å². The Hall–Kier alpha value is -2.50. The minimum absolute atomic E-state index is 0.0479. The van der Waals surface area contributed by atoms with E-state index in [0.29, 0.717) is 0 Å². The highest BCUT2D eigenvalue weighted by Crippen LogP contribution is 2.24. The third-order valence-electron chi connectivity index (χ3n) is 2.49. The quantitative estimate of drug-likeness (QED) is 0.687. The Morgan fingerprint density at radius 1 is 0.900 bits per heavy atom. The summed E-state index contributed by atoms with van der Waals surface area (Å²) in [5.74, 6) is -1.16. The summed E-state index contributed by atoms with van der Waals surface area (Å²) in [5, 5.41) is -0.336. The van der Waals surface area contributed by atoms with Crippen LogP contribution in [0.3, 0.4) is 0 Å². The van der Waals surface area contributed by atoms with E-state index in [1.165, 1.54) is 36.4 Å². The minimum Gasteiger partial charge on any atom is -0.288 e. The fourth-order valence-corrected chi connectivity index (χ4v) is 1.58. The molecule has 104 valence electrons. The van der Waals surface area contributed by atoms with E-state index < -0.39 is 12.2 Å². The number of hydrazine groups is 1. The van der Waals surface area contributed by atoms with Crippen molar-refractivity contribution in [1.29, 1.82) is 0 Å². The first-order valence-corrected chi connectivity index (χ1v) is 5.76. The van der Waals surface area contributed by atoms with Gasteiger partial charge in [-0.25, -0.2) is 0 Å². The van der Waals surface area contributed by atoms with Crippen molar-refractivity contribution in [2.45, 2.75) is 6.30 Å². The van der Waals surface area contributed by atoms with Crippen molar-refractivity contribution in [2.24, 2.45) is 0 Å². The Morgan fingerprint density at radius 3 is 1.90 bits per heavy atom. The van der Waals surface area contributed by atoms with Gasteiger partial charge in [-0.3, -0.25) is 10.2 Å². The highest BCUT2D eigenvalue weighted by Gasteiger charge is 2.42. The molecule has 20 heavy (non-hydrogen) atoms. The van der Waals surface area contributed by atoms with Crippen LogP contribution in [-0.4, -0.2) is 17.2 Å². The second-order valence-corrected chi connectivity index (χ2v) is 3.95. The van der Waals surface area contributed by atoms with Crippen LogP contribution in [0.25, 0.3) is 0 Å². The van der Waals surface area contributed by atoms with E-state index in [1.807, 2.05) is 0 Å². The first kappa shape index (κ1) is 13.9. The maximum Gasteiger partial charge on any atom is 0.505 e. The van der Waals surface area contributed by atoms with Gasteiger partial charge < -0.3 is 0 Å². The van der Waals surface area contributed by atoms with Crippen molar-refractivity contribution in [2.75, 3.05) is 5.43 Å². The number of benzene rings is 2. The Labute approximate surface area is 113 Å².